The summed E-state index contributed by atoms with van der Waals surface area (Å²) in [5.74, 6) is -0.0345. The molecule has 0 bridgehead atoms. The van der Waals surface area contributed by atoms with Crippen molar-refractivity contribution in [2.45, 2.75) is 20.3 Å². The molecule has 0 radical (unpaired) electrons. The molecule has 0 aromatic heterocycles. The molecule has 0 fully saturated rings. The highest BCUT2D eigenvalue weighted by atomic mass is 16.1. The molecule has 0 saturated carbocycles. The van der Waals surface area contributed by atoms with Crippen molar-refractivity contribution in [2.24, 2.45) is 0 Å². The number of hydrogen-bond acceptors (Lipinski definition) is 3. The lowest BCUT2D eigenvalue weighted by molar-refractivity contribution is 0.0952. The second-order valence-electron chi connectivity index (χ2n) is 7.71. The van der Waals surface area contributed by atoms with E-state index in [2.05, 4.69) is 65.8 Å². The third kappa shape index (κ3) is 7.40. The van der Waals surface area contributed by atoms with E-state index in [0.717, 1.165) is 43.0 Å². The van der Waals surface area contributed by atoms with Gasteiger partial charge in [-0.3, -0.25) is 4.79 Å². The molecule has 166 valence electrons. The summed E-state index contributed by atoms with van der Waals surface area (Å²) in [6, 6.07) is 26.1. The summed E-state index contributed by atoms with van der Waals surface area (Å²) in [5, 5.41) is 6.45. The smallest absolute Gasteiger partial charge is 0.251 e. The van der Waals surface area contributed by atoms with E-state index in [0.29, 0.717) is 12.1 Å². The van der Waals surface area contributed by atoms with E-state index in [4.69, 9.17) is 0 Å². The molecule has 0 unspecified atom stereocenters. The standard InChI is InChI=1S/C28H33N3O/c1-3-31(4-2)20-10-19-29-28(32)25-14-9-16-27(22-25)30-26-15-8-13-24(21-26)18-17-23-11-6-5-7-12-23/h5-9,11-18,21-22,30H,3-4,10,19-20H2,1-2H3,(H,29,32). The maximum absolute atomic E-state index is 12.5. The lowest BCUT2D eigenvalue weighted by Gasteiger charge is -2.17. The van der Waals surface area contributed by atoms with Crippen LogP contribution in [0.15, 0.2) is 78.9 Å². The van der Waals surface area contributed by atoms with E-state index in [-0.39, 0.29) is 5.91 Å². The lowest BCUT2D eigenvalue weighted by Crippen LogP contribution is -2.29. The van der Waals surface area contributed by atoms with Gasteiger partial charge in [0, 0.05) is 23.5 Å². The monoisotopic (exact) mass is 427 g/mol. The number of hydrogen-bond donors (Lipinski definition) is 2. The molecule has 0 saturated heterocycles. The Labute approximate surface area is 192 Å². The Bertz CT molecular complexity index is 1010. The number of amides is 1. The van der Waals surface area contributed by atoms with E-state index < -0.39 is 0 Å². The van der Waals surface area contributed by atoms with Crippen LogP contribution in [0.3, 0.4) is 0 Å². The van der Waals surface area contributed by atoms with E-state index >= 15 is 0 Å². The Balaban J connectivity index is 1.57. The number of nitrogens with one attached hydrogen (secondary N) is 2. The van der Waals surface area contributed by atoms with E-state index in [1.54, 1.807) is 0 Å². The number of carbonyl (C=O) groups excluding carboxylic acids is 1. The van der Waals surface area contributed by atoms with E-state index in [1.165, 1.54) is 5.56 Å². The van der Waals surface area contributed by atoms with Gasteiger partial charge in [-0.1, -0.05) is 74.5 Å². The highest BCUT2D eigenvalue weighted by Gasteiger charge is 2.07. The summed E-state index contributed by atoms with van der Waals surface area (Å²) in [7, 11) is 0. The molecule has 3 aromatic rings. The summed E-state index contributed by atoms with van der Waals surface area (Å²) < 4.78 is 0. The van der Waals surface area contributed by atoms with Crippen LogP contribution < -0.4 is 10.6 Å². The number of rotatable bonds is 11. The van der Waals surface area contributed by atoms with Crippen molar-refractivity contribution in [1.29, 1.82) is 0 Å². The largest absolute Gasteiger partial charge is 0.355 e. The Morgan fingerprint density at radius 1 is 0.812 bits per heavy atom. The summed E-state index contributed by atoms with van der Waals surface area (Å²) in [4.78, 5) is 14.9. The number of nitrogens with zero attached hydrogens (tertiary/aromatic N) is 1. The molecule has 0 aliphatic rings. The molecule has 2 N–H and O–H groups in total. The van der Waals surface area contributed by atoms with Crippen LogP contribution in [-0.4, -0.2) is 37.0 Å². The normalized spacial score (nSPS) is 11.1. The fourth-order valence-corrected chi connectivity index (χ4v) is 3.53. The van der Waals surface area contributed by atoms with Gasteiger partial charge in [-0.25, -0.2) is 0 Å². The molecule has 4 heteroatoms. The number of anilines is 2. The van der Waals surface area contributed by atoms with E-state index in [1.807, 2.05) is 54.6 Å². The maximum atomic E-state index is 12.5. The molecule has 0 atom stereocenters. The van der Waals surface area contributed by atoms with E-state index in [9.17, 15) is 4.79 Å². The first kappa shape index (κ1) is 23.3. The van der Waals surface area contributed by atoms with Crippen molar-refractivity contribution in [3.8, 4) is 0 Å². The fourth-order valence-electron chi connectivity index (χ4n) is 3.53. The van der Waals surface area contributed by atoms with Crippen LogP contribution in [0.2, 0.25) is 0 Å². The van der Waals surface area contributed by atoms with Gasteiger partial charge >= 0.3 is 0 Å². The molecule has 0 aliphatic heterocycles. The Kier molecular flexibility index (Phi) is 9.08. The first-order valence-corrected chi connectivity index (χ1v) is 11.4. The van der Waals surface area contributed by atoms with Gasteiger partial charge in [-0.05, 0) is 67.5 Å². The van der Waals surface area contributed by atoms with Gasteiger partial charge in [0.15, 0.2) is 0 Å². The maximum Gasteiger partial charge on any atom is 0.251 e. The van der Waals surface area contributed by atoms with Crippen molar-refractivity contribution in [3.05, 3.63) is 95.6 Å². The second-order valence-corrected chi connectivity index (χ2v) is 7.71. The summed E-state index contributed by atoms with van der Waals surface area (Å²) >= 11 is 0. The van der Waals surface area contributed by atoms with Crippen molar-refractivity contribution < 1.29 is 4.79 Å². The topological polar surface area (TPSA) is 44.4 Å². The van der Waals surface area contributed by atoms with Crippen LogP contribution in [0.5, 0.6) is 0 Å². The third-order valence-electron chi connectivity index (χ3n) is 5.40. The predicted octanol–water partition coefficient (Wildman–Crippen LogP) is 6.06. The van der Waals surface area contributed by atoms with Crippen LogP contribution in [0, 0.1) is 0 Å². The van der Waals surface area contributed by atoms with Gasteiger partial charge in [0.2, 0.25) is 0 Å². The summed E-state index contributed by atoms with van der Waals surface area (Å²) in [6.07, 6.45) is 5.15. The molecule has 0 aliphatic carbocycles. The lowest BCUT2D eigenvalue weighted by atomic mass is 10.1. The van der Waals surface area contributed by atoms with Crippen molar-refractivity contribution >= 4 is 29.4 Å². The number of carbonyl (C=O) groups is 1. The van der Waals surface area contributed by atoms with Crippen LogP contribution >= 0.6 is 0 Å². The molecular weight excluding hydrogens is 394 g/mol. The van der Waals surface area contributed by atoms with Gasteiger partial charge < -0.3 is 15.5 Å². The van der Waals surface area contributed by atoms with Crippen LogP contribution in [0.4, 0.5) is 11.4 Å². The van der Waals surface area contributed by atoms with Gasteiger partial charge in [0.1, 0.15) is 0 Å². The molecule has 3 rings (SSSR count). The first-order chi connectivity index (χ1) is 15.7. The SMILES string of the molecule is CCN(CC)CCCNC(=O)c1cccc(Nc2cccc(C=Cc3ccccc3)c2)c1. The molecule has 1 amide bonds. The molecule has 32 heavy (non-hydrogen) atoms. The Morgan fingerprint density at radius 2 is 1.47 bits per heavy atom. The van der Waals surface area contributed by atoms with Crippen molar-refractivity contribution in [2.75, 3.05) is 31.5 Å². The quantitative estimate of drug-likeness (QED) is 0.289. The Hall–Kier alpha value is -3.37. The molecule has 0 spiro atoms. The zero-order valence-corrected chi connectivity index (χ0v) is 19.1. The third-order valence-corrected chi connectivity index (χ3v) is 5.40. The van der Waals surface area contributed by atoms with Crippen LogP contribution in [-0.2, 0) is 0 Å². The Morgan fingerprint density at radius 3 is 2.22 bits per heavy atom. The predicted molar refractivity (Wildman–Crippen MR) is 136 cm³/mol. The van der Waals surface area contributed by atoms with Gasteiger partial charge in [0.25, 0.3) is 5.91 Å². The minimum Gasteiger partial charge on any atom is -0.355 e. The first-order valence-electron chi connectivity index (χ1n) is 11.4. The molecule has 0 heterocycles. The highest BCUT2D eigenvalue weighted by Crippen LogP contribution is 2.20. The molecule has 4 nitrogen and oxygen atoms in total. The van der Waals surface area contributed by atoms with Crippen molar-refractivity contribution in [1.82, 2.24) is 10.2 Å². The summed E-state index contributed by atoms with van der Waals surface area (Å²) in [5.41, 5.74) is 4.82. The molecular formula is C28H33N3O. The van der Waals surface area contributed by atoms with Crippen LogP contribution in [0.1, 0.15) is 41.8 Å². The zero-order valence-electron chi connectivity index (χ0n) is 19.1. The molecule has 3 aromatic carbocycles. The van der Waals surface area contributed by atoms with Crippen molar-refractivity contribution in [3.63, 3.8) is 0 Å². The highest BCUT2D eigenvalue weighted by molar-refractivity contribution is 5.95. The number of benzene rings is 3. The van der Waals surface area contributed by atoms with Gasteiger partial charge in [-0.2, -0.15) is 0 Å². The fraction of sp³-hybridized carbons (Fsp3) is 0.250. The minimum absolute atomic E-state index is 0.0345. The van der Waals surface area contributed by atoms with Gasteiger partial charge in [-0.15, -0.1) is 0 Å². The van der Waals surface area contributed by atoms with Gasteiger partial charge in [0.05, 0.1) is 0 Å². The average Bonchev–Trinajstić information content (AvgIpc) is 2.84. The summed E-state index contributed by atoms with van der Waals surface area (Å²) in [6.45, 7) is 8.10. The average molecular weight is 428 g/mol. The second kappa shape index (κ2) is 12.5. The van der Waals surface area contributed by atoms with Crippen LogP contribution in [0.25, 0.3) is 12.2 Å². The zero-order chi connectivity index (χ0) is 22.6. The minimum atomic E-state index is -0.0345.